The van der Waals surface area contributed by atoms with Gasteiger partial charge in [0.2, 0.25) is 0 Å². The standard InChI is InChI=1S/C14H11FN2O2/c15-12-9-5-4-8-11(12)14(18)19-17-13(16)10-6-2-1-3-7-10/h1-9H,(H2,16,17). The third kappa shape index (κ3) is 3.16. The summed E-state index contributed by atoms with van der Waals surface area (Å²) >= 11 is 0. The number of carbonyl (C=O) groups excluding carboxylic acids is 1. The van der Waals surface area contributed by atoms with Crippen LogP contribution in [0.1, 0.15) is 15.9 Å². The minimum absolute atomic E-state index is 0.0466. The molecule has 0 heterocycles. The van der Waals surface area contributed by atoms with Gasteiger partial charge in [0.15, 0.2) is 5.84 Å². The molecule has 0 saturated heterocycles. The van der Waals surface area contributed by atoms with E-state index in [0.717, 1.165) is 0 Å². The van der Waals surface area contributed by atoms with Crippen LogP contribution in [0.2, 0.25) is 0 Å². The summed E-state index contributed by atoms with van der Waals surface area (Å²) < 4.78 is 13.3. The lowest BCUT2D eigenvalue weighted by Gasteiger charge is -2.01. The third-order valence-electron chi connectivity index (χ3n) is 2.39. The maximum atomic E-state index is 13.3. The van der Waals surface area contributed by atoms with Crippen molar-refractivity contribution in [3.8, 4) is 0 Å². The van der Waals surface area contributed by atoms with Crippen molar-refractivity contribution in [2.45, 2.75) is 0 Å². The molecule has 0 spiro atoms. The van der Waals surface area contributed by atoms with Crippen LogP contribution in [-0.2, 0) is 4.84 Å². The summed E-state index contributed by atoms with van der Waals surface area (Å²) in [5, 5.41) is 3.49. The Balaban J connectivity index is 2.11. The zero-order valence-corrected chi connectivity index (χ0v) is 9.92. The van der Waals surface area contributed by atoms with E-state index in [0.29, 0.717) is 5.56 Å². The van der Waals surface area contributed by atoms with Crippen molar-refractivity contribution in [3.63, 3.8) is 0 Å². The predicted molar refractivity (Wildman–Crippen MR) is 69.0 cm³/mol. The van der Waals surface area contributed by atoms with Crippen LogP contribution >= 0.6 is 0 Å². The molecule has 0 radical (unpaired) electrons. The molecule has 0 unspecified atom stereocenters. The maximum Gasteiger partial charge on any atom is 0.368 e. The average Bonchev–Trinajstić information content (AvgIpc) is 2.46. The first-order valence-corrected chi connectivity index (χ1v) is 5.53. The molecule has 0 aliphatic rings. The van der Waals surface area contributed by atoms with Crippen molar-refractivity contribution in [3.05, 3.63) is 71.5 Å². The van der Waals surface area contributed by atoms with Gasteiger partial charge < -0.3 is 10.6 Å². The second-order valence-corrected chi connectivity index (χ2v) is 3.70. The number of hydrogen-bond acceptors (Lipinski definition) is 3. The Kier molecular flexibility index (Phi) is 3.87. The minimum atomic E-state index is -0.892. The smallest absolute Gasteiger partial charge is 0.368 e. The maximum absolute atomic E-state index is 13.3. The van der Waals surface area contributed by atoms with E-state index in [1.54, 1.807) is 24.3 Å². The molecule has 0 atom stereocenters. The van der Waals surface area contributed by atoms with Crippen LogP contribution in [0.3, 0.4) is 0 Å². The lowest BCUT2D eigenvalue weighted by molar-refractivity contribution is 0.0510. The molecule has 0 aliphatic heterocycles. The molecule has 2 aromatic rings. The van der Waals surface area contributed by atoms with Crippen LogP contribution in [-0.4, -0.2) is 11.8 Å². The summed E-state index contributed by atoms with van der Waals surface area (Å²) in [7, 11) is 0. The molecule has 0 amide bonds. The van der Waals surface area contributed by atoms with Gasteiger partial charge in [0.1, 0.15) is 5.82 Å². The van der Waals surface area contributed by atoms with Gasteiger partial charge in [-0.25, -0.2) is 9.18 Å². The molecule has 2 aromatic carbocycles. The molecule has 0 saturated carbocycles. The molecule has 2 N–H and O–H groups in total. The number of amidine groups is 1. The van der Waals surface area contributed by atoms with Crippen LogP contribution < -0.4 is 5.73 Å². The van der Waals surface area contributed by atoms with Gasteiger partial charge in [0.05, 0.1) is 5.56 Å². The molecule has 0 aliphatic carbocycles. The molecule has 0 bridgehead atoms. The summed E-state index contributed by atoms with van der Waals surface area (Å²) in [5.41, 5.74) is 6.07. The van der Waals surface area contributed by atoms with Gasteiger partial charge in [-0.3, -0.25) is 0 Å². The second kappa shape index (κ2) is 5.77. The third-order valence-corrected chi connectivity index (χ3v) is 2.39. The molecule has 0 fully saturated rings. The largest absolute Gasteiger partial charge is 0.380 e. The highest BCUT2D eigenvalue weighted by atomic mass is 19.1. The number of benzene rings is 2. The first kappa shape index (κ1) is 12.8. The molecule has 19 heavy (non-hydrogen) atoms. The van der Waals surface area contributed by atoms with E-state index in [-0.39, 0.29) is 11.4 Å². The number of oxime groups is 1. The van der Waals surface area contributed by atoms with E-state index in [1.165, 1.54) is 24.3 Å². The van der Waals surface area contributed by atoms with Crippen molar-refractivity contribution < 1.29 is 14.0 Å². The molecule has 96 valence electrons. The first-order valence-electron chi connectivity index (χ1n) is 5.53. The lowest BCUT2D eigenvalue weighted by atomic mass is 10.2. The normalized spacial score (nSPS) is 11.1. The van der Waals surface area contributed by atoms with Crippen LogP contribution in [0.15, 0.2) is 59.8 Å². The van der Waals surface area contributed by atoms with Crippen molar-refractivity contribution >= 4 is 11.8 Å². The first-order chi connectivity index (χ1) is 9.18. The van der Waals surface area contributed by atoms with Gasteiger partial charge in [0, 0.05) is 5.56 Å². The number of hydrogen-bond donors (Lipinski definition) is 1. The topological polar surface area (TPSA) is 64.7 Å². The van der Waals surface area contributed by atoms with Crippen molar-refractivity contribution in [2.75, 3.05) is 0 Å². The quantitative estimate of drug-likeness (QED) is 0.397. The predicted octanol–water partition coefficient (Wildman–Crippen LogP) is 2.30. The molecule has 5 heteroatoms. The summed E-state index contributed by atoms with van der Waals surface area (Å²) in [4.78, 5) is 16.2. The zero-order chi connectivity index (χ0) is 13.7. The van der Waals surface area contributed by atoms with Gasteiger partial charge in [-0.2, -0.15) is 0 Å². The van der Waals surface area contributed by atoms with Gasteiger partial charge in [-0.1, -0.05) is 47.6 Å². The van der Waals surface area contributed by atoms with Gasteiger partial charge in [0.25, 0.3) is 0 Å². The zero-order valence-electron chi connectivity index (χ0n) is 9.92. The van der Waals surface area contributed by atoms with Crippen LogP contribution in [0.4, 0.5) is 4.39 Å². The average molecular weight is 258 g/mol. The Morgan fingerprint density at radius 1 is 1.05 bits per heavy atom. The number of rotatable bonds is 3. The van der Waals surface area contributed by atoms with E-state index >= 15 is 0 Å². The Labute approximate surface area is 109 Å². The highest BCUT2D eigenvalue weighted by molar-refractivity contribution is 5.98. The van der Waals surface area contributed by atoms with E-state index in [2.05, 4.69) is 9.99 Å². The highest BCUT2D eigenvalue weighted by Crippen LogP contribution is 2.08. The molecule has 0 aromatic heterocycles. The fourth-order valence-electron chi connectivity index (χ4n) is 1.43. The Morgan fingerprint density at radius 2 is 1.68 bits per heavy atom. The number of carbonyl (C=O) groups is 1. The minimum Gasteiger partial charge on any atom is -0.380 e. The molecule has 4 nitrogen and oxygen atoms in total. The molecular weight excluding hydrogens is 247 g/mol. The lowest BCUT2D eigenvalue weighted by Crippen LogP contribution is -2.15. The van der Waals surface area contributed by atoms with E-state index in [9.17, 15) is 9.18 Å². The van der Waals surface area contributed by atoms with E-state index in [4.69, 9.17) is 5.73 Å². The molecule has 2 rings (SSSR count). The fraction of sp³-hybridized carbons (Fsp3) is 0. The van der Waals surface area contributed by atoms with Crippen molar-refractivity contribution in [2.24, 2.45) is 10.9 Å². The van der Waals surface area contributed by atoms with Gasteiger partial charge in [-0.05, 0) is 12.1 Å². The van der Waals surface area contributed by atoms with Crippen molar-refractivity contribution in [1.29, 1.82) is 0 Å². The SMILES string of the molecule is NC(=NOC(=O)c1ccccc1F)c1ccccc1. The van der Waals surface area contributed by atoms with Gasteiger partial charge in [-0.15, -0.1) is 0 Å². The van der Waals surface area contributed by atoms with E-state index < -0.39 is 11.8 Å². The van der Waals surface area contributed by atoms with E-state index in [1.807, 2.05) is 6.07 Å². The van der Waals surface area contributed by atoms with Crippen molar-refractivity contribution in [1.82, 2.24) is 0 Å². The highest BCUT2D eigenvalue weighted by Gasteiger charge is 2.12. The summed E-state index contributed by atoms with van der Waals surface area (Å²) in [5.74, 6) is -1.51. The van der Waals surface area contributed by atoms with Crippen LogP contribution in [0.25, 0.3) is 0 Å². The summed E-state index contributed by atoms with van der Waals surface area (Å²) in [6, 6.07) is 14.3. The number of nitrogens with zero attached hydrogens (tertiary/aromatic N) is 1. The molecular formula is C14H11FN2O2. The monoisotopic (exact) mass is 258 g/mol. The Morgan fingerprint density at radius 3 is 2.37 bits per heavy atom. The summed E-state index contributed by atoms with van der Waals surface area (Å²) in [6.07, 6.45) is 0. The van der Waals surface area contributed by atoms with Gasteiger partial charge >= 0.3 is 5.97 Å². The second-order valence-electron chi connectivity index (χ2n) is 3.70. The van der Waals surface area contributed by atoms with Crippen LogP contribution in [0, 0.1) is 5.82 Å². The Bertz CT molecular complexity index is 612. The summed E-state index contributed by atoms with van der Waals surface area (Å²) in [6.45, 7) is 0. The fourth-order valence-corrected chi connectivity index (χ4v) is 1.43. The number of halogens is 1. The Hall–Kier alpha value is -2.69. The number of nitrogens with two attached hydrogens (primary N) is 1. The van der Waals surface area contributed by atoms with Crippen LogP contribution in [0.5, 0.6) is 0 Å².